The number of carbonyl (C=O) groups is 2. The maximum Gasteiger partial charge on any atom is 0.345 e. The van der Waals surface area contributed by atoms with E-state index < -0.39 is 52.4 Å². The fraction of sp³-hybridized carbons (Fsp3) is 0.545. The highest BCUT2D eigenvalue weighted by molar-refractivity contribution is 7.87. The van der Waals surface area contributed by atoms with E-state index in [0.29, 0.717) is 0 Å². The van der Waals surface area contributed by atoms with Gasteiger partial charge in [-0.1, -0.05) is 6.58 Å². The summed E-state index contributed by atoms with van der Waals surface area (Å²) in [5, 5.41) is 8.80. The second kappa shape index (κ2) is 5.80. The molecular weight excluding hydrogens is 306 g/mol. The Morgan fingerprint density at radius 3 is 2.76 bits per heavy atom. The molecule has 0 spiro atoms. The summed E-state index contributed by atoms with van der Waals surface area (Å²) in [6.07, 6.45) is -1.97. The Morgan fingerprint density at radius 2 is 2.14 bits per heavy atom. The molecule has 0 aromatic heterocycles. The molecule has 9 nitrogen and oxygen atoms in total. The van der Waals surface area contributed by atoms with Crippen molar-refractivity contribution >= 4 is 22.1 Å². The third-order valence-electron chi connectivity index (χ3n) is 2.84. The van der Waals surface area contributed by atoms with Crippen LogP contribution in [-0.4, -0.2) is 50.7 Å². The quantitative estimate of drug-likeness (QED) is 0.364. The van der Waals surface area contributed by atoms with Crippen molar-refractivity contribution < 1.29 is 36.4 Å². The minimum Gasteiger partial charge on any atom is -0.451 e. The first-order valence-electron chi connectivity index (χ1n) is 5.83. The molecule has 2 aliphatic rings. The highest BCUT2D eigenvalue weighted by atomic mass is 32.2. The molecule has 4 unspecified atom stereocenters. The van der Waals surface area contributed by atoms with Gasteiger partial charge in [0, 0.05) is 12.5 Å². The maximum atomic E-state index is 11.8. The lowest BCUT2D eigenvalue weighted by Crippen LogP contribution is -2.44. The summed E-state index contributed by atoms with van der Waals surface area (Å²) in [6.45, 7) is 2.36. The highest BCUT2D eigenvalue weighted by Gasteiger charge is 2.54. The van der Waals surface area contributed by atoms with Crippen LogP contribution >= 0.6 is 0 Å². The first kappa shape index (κ1) is 15.4. The van der Waals surface area contributed by atoms with Gasteiger partial charge in [0.15, 0.2) is 12.7 Å². The van der Waals surface area contributed by atoms with Crippen LogP contribution in [0.25, 0.3) is 0 Å². The van der Waals surface area contributed by atoms with Crippen LogP contribution in [0.2, 0.25) is 0 Å². The molecule has 2 heterocycles. The summed E-state index contributed by atoms with van der Waals surface area (Å²) < 4.78 is 42.7. The number of ether oxygens (including phenoxy) is 3. The maximum absolute atomic E-state index is 11.8. The van der Waals surface area contributed by atoms with Crippen molar-refractivity contribution in [2.24, 2.45) is 0 Å². The number of hydrogen-bond donors (Lipinski definition) is 0. The first-order valence-corrected chi connectivity index (χ1v) is 7.30. The fourth-order valence-corrected chi connectivity index (χ4v) is 3.37. The molecule has 0 aliphatic carbocycles. The molecule has 0 aromatic carbocycles. The summed E-state index contributed by atoms with van der Waals surface area (Å²) in [5.41, 5.74) is -1.69. The Balaban J connectivity index is 2.02. The summed E-state index contributed by atoms with van der Waals surface area (Å²) in [6, 6.07) is 1.76. The average Bonchev–Trinajstić information content (AvgIpc) is 2.78. The standard InChI is InChI=1S/C11H11NO8S/c1-2-9(13)17-5-10(14)19-11-7-3-6(8(4-12)18-7)20-21(11,15)16/h2,6-8,11H,1,3,5H2. The van der Waals surface area contributed by atoms with Crippen LogP contribution in [0.3, 0.4) is 0 Å². The zero-order valence-electron chi connectivity index (χ0n) is 10.6. The van der Waals surface area contributed by atoms with Gasteiger partial charge < -0.3 is 14.2 Å². The first-order chi connectivity index (χ1) is 9.87. The minimum atomic E-state index is -4.22. The van der Waals surface area contributed by atoms with Crippen molar-refractivity contribution in [3.63, 3.8) is 0 Å². The van der Waals surface area contributed by atoms with Crippen molar-refractivity contribution in [3.8, 4) is 6.07 Å². The van der Waals surface area contributed by atoms with Crippen molar-refractivity contribution in [1.82, 2.24) is 0 Å². The van der Waals surface area contributed by atoms with Crippen LogP contribution in [0.15, 0.2) is 12.7 Å². The smallest absolute Gasteiger partial charge is 0.345 e. The lowest BCUT2D eigenvalue weighted by Gasteiger charge is -2.26. The van der Waals surface area contributed by atoms with Gasteiger partial charge >= 0.3 is 22.1 Å². The molecule has 10 heteroatoms. The van der Waals surface area contributed by atoms with Crippen molar-refractivity contribution in [2.45, 2.75) is 30.2 Å². The number of hydrogen-bond acceptors (Lipinski definition) is 9. The zero-order chi connectivity index (χ0) is 15.6. The second-order valence-electron chi connectivity index (χ2n) is 4.26. The van der Waals surface area contributed by atoms with Crippen LogP contribution in [0.4, 0.5) is 0 Å². The van der Waals surface area contributed by atoms with Gasteiger partial charge in [-0.3, -0.25) is 4.18 Å². The summed E-state index contributed by atoms with van der Waals surface area (Å²) in [5.74, 6) is -1.93. The summed E-state index contributed by atoms with van der Waals surface area (Å²) >= 11 is 0. The van der Waals surface area contributed by atoms with E-state index in [1.165, 1.54) is 0 Å². The molecule has 0 amide bonds. The predicted octanol–water partition coefficient (Wildman–Crippen LogP) is -1.01. The van der Waals surface area contributed by atoms with Crippen molar-refractivity contribution in [1.29, 1.82) is 5.26 Å². The molecule has 0 N–H and O–H groups in total. The van der Waals surface area contributed by atoms with Gasteiger partial charge in [0.25, 0.3) is 5.44 Å². The lowest BCUT2D eigenvalue weighted by atomic mass is 10.1. The van der Waals surface area contributed by atoms with Gasteiger partial charge in [0.2, 0.25) is 0 Å². The molecule has 0 aromatic rings. The molecule has 2 fully saturated rings. The number of nitriles is 1. The van der Waals surface area contributed by atoms with Crippen LogP contribution < -0.4 is 0 Å². The van der Waals surface area contributed by atoms with Crippen LogP contribution in [0, 0.1) is 11.3 Å². The fourth-order valence-electron chi connectivity index (χ4n) is 1.96. The molecule has 0 saturated carbocycles. The van der Waals surface area contributed by atoms with E-state index in [0.717, 1.165) is 6.08 Å². The number of nitrogens with zero attached hydrogens (tertiary/aromatic N) is 1. The average molecular weight is 317 g/mol. The van der Waals surface area contributed by atoms with E-state index in [-0.39, 0.29) is 6.42 Å². The van der Waals surface area contributed by atoms with E-state index in [2.05, 4.69) is 11.3 Å². The van der Waals surface area contributed by atoms with Gasteiger partial charge in [-0.2, -0.15) is 13.7 Å². The van der Waals surface area contributed by atoms with Gasteiger partial charge in [0.05, 0.1) is 6.07 Å². The molecule has 2 aliphatic heterocycles. The Kier molecular flexibility index (Phi) is 4.26. The Bertz CT molecular complexity index is 606. The molecule has 2 saturated heterocycles. The number of rotatable bonds is 4. The van der Waals surface area contributed by atoms with E-state index in [1.807, 2.05) is 0 Å². The largest absolute Gasteiger partial charge is 0.451 e. The molecule has 4 atom stereocenters. The molecule has 2 bridgehead atoms. The highest BCUT2D eigenvalue weighted by Crippen LogP contribution is 2.35. The van der Waals surface area contributed by atoms with Crippen molar-refractivity contribution in [3.05, 3.63) is 12.7 Å². The van der Waals surface area contributed by atoms with Gasteiger partial charge in [0.1, 0.15) is 12.2 Å². The van der Waals surface area contributed by atoms with E-state index in [1.54, 1.807) is 6.07 Å². The third kappa shape index (κ3) is 3.21. The van der Waals surface area contributed by atoms with Crippen LogP contribution in [0.1, 0.15) is 6.42 Å². The van der Waals surface area contributed by atoms with Gasteiger partial charge in [-0.15, -0.1) is 0 Å². The number of esters is 2. The summed E-state index contributed by atoms with van der Waals surface area (Å²) in [4.78, 5) is 22.3. The Hall–Kier alpha value is -1.96. The van der Waals surface area contributed by atoms with Gasteiger partial charge in [-0.05, 0) is 0 Å². The Morgan fingerprint density at radius 1 is 1.43 bits per heavy atom. The molecule has 2 rings (SSSR count). The summed E-state index contributed by atoms with van der Waals surface area (Å²) in [7, 11) is -4.22. The number of fused-ring (bicyclic) bond motifs is 2. The van der Waals surface area contributed by atoms with Crippen LogP contribution in [0.5, 0.6) is 0 Å². The molecule has 0 radical (unpaired) electrons. The van der Waals surface area contributed by atoms with E-state index in [9.17, 15) is 18.0 Å². The van der Waals surface area contributed by atoms with Crippen molar-refractivity contribution in [2.75, 3.05) is 6.61 Å². The molecule has 21 heavy (non-hydrogen) atoms. The predicted molar refractivity (Wildman–Crippen MR) is 63.7 cm³/mol. The third-order valence-corrected chi connectivity index (χ3v) is 4.33. The van der Waals surface area contributed by atoms with Gasteiger partial charge in [-0.25, -0.2) is 9.59 Å². The number of carbonyl (C=O) groups excluding carboxylic acids is 2. The van der Waals surface area contributed by atoms with E-state index >= 15 is 0 Å². The molecular formula is C11H11NO8S. The van der Waals surface area contributed by atoms with E-state index in [4.69, 9.17) is 18.9 Å². The monoisotopic (exact) mass is 317 g/mol. The normalized spacial score (nSPS) is 32.7. The SMILES string of the molecule is C=CC(=O)OCC(=O)OC1C2CC(OS1(=O)=O)C(C#N)O2. The Labute approximate surface area is 120 Å². The lowest BCUT2D eigenvalue weighted by molar-refractivity contribution is -0.161. The van der Waals surface area contributed by atoms with Crippen LogP contribution in [-0.2, 0) is 38.1 Å². The second-order valence-corrected chi connectivity index (χ2v) is 5.90. The molecule has 114 valence electrons. The minimum absolute atomic E-state index is 0.113. The topological polar surface area (TPSA) is 129 Å². The zero-order valence-corrected chi connectivity index (χ0v) is 11.4.